The minimum absolute atomic E-state index is 0.0442. The molecule has 3 amide bonds. The molecule has 7 heteroatoms. The Morgan fingerprint density at radius 2 is 1.33 bits per heavy atom. The standard InChI is InChI=1S/C29H30N4O3/c1-21(34)30-26-9-5-8-25(18-26)22-10-12-24(13-11-22)29(36)33-19-27(20-33)31-14-16-32(17-15-31)28(35)23-6-3-2-4-7-23/h2-13,18,27H,14-17,19-20H2,1H3,(H,30,34). The first kappa shape index (κ1) is 23.8. The van der Waals surface area contributed by atoms with Gasteiger partial charge in [0.1, 0.15) is 0 Å². The Labute approximate surface area is 211 Å². The molecule has 2 aliphatic rings. The lowest BCUT2D eigenvalue weighted by molar-refractivity contribution is -0.114. The molecule has 0 unspecified atom stereocenters. The minimum atomic E-state index is -0.108. The van der Waals surface area contributed by atoms with Crippen molar-refractivity contribution in [1.29, 1.82) is 0 Å². The van der Waals surface area contributed by atoms with Crippen LogP contribution in [0.25, 0.3) is 11.1 Å². The molecule has 2 fully saturated rings. The Morgan fingerprint density at radius 3 is 2.00 bits per heavy atom. The van der Waals surface area contributed by atoms with E-state index < -0.39 is 0 Å². The van der Waals surface area contributed by atoms with Gasteiger partial charge in [-0.15, -0.1) is 0 Å². The monoisotopic (exact) mass is 482 g/mol. The molecule has 2 saturated heterocycles. The highest BCUT2D eigenvalue weighted by Crippen LogP contribution is 2.25. The maximum Gasteiger partial charge on any atom is 0.253 e. The molecule has 0 aliphatic carbocycles. The van der Waals surface area contributed by atoms with Crippen molar-refractivity contribution in [3.8, 4) is 11.1 Å². The summed E-state index contributed by atoms with van der Waals surface area (Å²) in [6.45, 7) is 6.00. The molecule has 0 saturated carbocycles. The van der Waals surface area contributed by atoms with Crippen molar-refractivity contribution in [2.75, 3.05) is 44.6 Å². The molecule has 0 radical (unpaired) electrons. The van der Waals surface area contributed by atoms with Gasteiger partial charge in [0.25, 0.3) is 11.8 Å². The number of benzene rings is 3. The van der Waals surface area contributed by atoms with Gasteiger partial charge in [-0.25, -0.2) is 0 Å². The minimum Gasteiger partial charge on any atom is -0.336 e. The molecular formula is C29H30N4O3. The molecule has 0 aromatic heterocycles. The van der Waals surface area contributed by atoms with Gasteiger partial charge in [-0.3, -0.25) is 19.3 Å². The number of nitrogens with one attached hydrogen (secondary N) is 1. The van der Waals surface area contributed by atoms with Crippen molar-refractivity contribution in [3.05, 3.63) is 90.0 Å². The van der Waals surface area contributed by atoms with Crippen LogP contribution in [-0.4, -0.2) is 77.7 Å². The van der Waals surface area contributed by atoms with Gasteiger partial charge in [0, 0.05) is 69.0 Å². The van der Waals surface area contributed by atoms with E-state index in [1.807, 2.05) is 88.7 Å². The Morgan fingerprint density at radius 1 is 0.694 bits per heavy atom. The molecule has 3 aromatic carbocycles. The number of anilines is 1. The lowest BCUT2D eigenvalue weighted by Gasteiger charge is -2.48. The summed E-state index contributed by atoms with van der Waals surface area (Å²) in [6, 6.07) is 25.0. The van der Waals surface area contributed by atoms with Crippen LogP contribution in [0, 0.1) is 0 Å². The zero-order chi connectivity index (χ0) is 25.1. The highest BCUT2D eigenvalue weighted by Gasteiger charge is 2.37. The van der Waals surface area contributed by atoms with Crippen molar-refractivity contribution in [2.45, 2.75) is 13.0 Å². The molecule has 2 heterocycles. The van der Waals surface area contributed by atoms with E-state index in [1.165, 1.54) is 6.92 Å². The molecule has 1 N–H and O–H groups in total. The van der Waals surface area contributed by atoms with E-state index in [1.54, 1.807) is 0 Å². The van der Waals surface area contributed by atoms with E-state index >= 15 is 0 Å². The molecule has 7 nitrogen and oxygen atoms in total. The highest BCUT2D eigenvalue weighted by molar-refractivity contribution is 5.96. The second kappa shape index (κ2) is 10.3. The quantitative estimate of drug-likeness (QED) is 0.603. The molecule has 0 atom stereocenters. The first-order valence-corrected chi connectivity index (χ1v) is 12.3. The molecule has 36 heavy (non-hydrogen) atoms. The van der Waals surface area contributed by atoms with Crippen LogP contribution >= 0.6 is 0 Å². The summed E-state index contributed by atoms with van der Waals surface area (Å²) in [7, 11) is 0. The second-order valence-corrected chi connectivity index (χ2v) is 9.40. The number of hydrogen-bond acceptors (Lipinski definition) is 4. The maximum absolute atomic E-state index is 13.0. The summed E-state index contributed by atoms with van der Waals surface area (Å²) in [6.07, 6.45) is 0. The van der Waals surface area contributed by atoms with Crippen molar-refractivity contribution >= 4 is 23.4 Å². The van der Waals surface area contributed by atoms with Crippen molar-refractivity contribution < 1.29 is 14.4 Å². The van der Waals surface area contributed by atoms with Gasteiger partial charge >= 0.3 is 0 Å². The van der Waals surface area contributed by atoms with Crippen LogP contribution in [0.5, 0.6) is 0 Å². The average molecular weight is 483 g/mol. The molecule has 0 bridgehead atoms. The lowest BCUT2D eigenvalue weighted by Crippen LogP contribution is -2.64. The number of carbonyl (C=O) groups is 3. The molecule has 184 valence electrons. The number of rotatable bonds is 5. The number of piperazine rings is 1. The largest absolute Gasteiger partial charge is 0.336 e. The van der Waals surface area contributed by atoms with E-state index in [9.17, 15) is 14.4 Å². The first-order valence-electron chi connectivity index (χ1n) is 12.3. The first-order chi connectivity index (χ1) is 17.5. The predicted molar refractivity (Wildman–Crippen MR) is 140 cm³/mol. The zero-order valence-electron chi connectivity index (χ0n) is 20.4. The third kappa shape index (κ3) is 5.16. The molecule has 2 aliphatic heterocycles. The molecule has 0 spiro atoms. The number of amides is 3. The van der Waals surface area contributed by atoms with Gasteiger partial charge in [-0.1, -0.05) is 42.5 Å². The Kier molecular flexibility index (Phi) is 6.82. The van der Waals surface area contributed by atoms with E-state index in [0.717, 1.165) is 35.5 Å². The fraction of sp³-hybridized carbons (Fsp3) is 0.276. The summed E-state index contributed by atoms with van der Waals surface area (Å²) in [5.41, 5.74) is 4.13. The van der Waals surface area contributed by atoms with Crippen molar-refractivity contribution in [2.24, 2.45) is 0 Å². The van der Waals surface area contributed by atoms with Crippen LogP contribution in [0.2, 0.25) is 0 Å². The second-order valence-electron chi connectivity index (χ2n) is 9.40. The van der Waals surface area contributed by atoms with Crippen LogP contribution in [0.15, 0.2) is 78.9 Å². The van der Waals surface area contributed by atoms with Crippen LogP contribution in [0.1, 0.15) is 27.6 Å². The Hall–Kier alpha value is -3.97. The van der Waals surface area contributed by atoms with Gasteiger partial charge in [0.2, 0.25) is 5.91 Å². The fourth-order valence-electron chi connectivity index (χ4n) is 4.87. The summed E-state index contributed by atoms with van der Waals surface area (Å²) < 4.78 is 0. The van der Waals surface area contributed by atoms with Crippen LogP contribution in [0.3, 0.4) is 0 Å². The third-order valence-electron chi connectivity index (χ3n) is 6.94. The fourth-order valence-corrected chi connectivity index (χ4v) is 4.87. The van der Waals surface area contributed by atoms with Crippen LogP contribution < -0.4 is 5.32 Å². The summed E-state index contributed by atoms with van der Waals surface area (Å²) >= 11 is 0. The predicted octanol–water partition coefficient (Wildman–Crippen LogP) is 3.59. The maximum atomic E-state index is 13.0. The summed E-state index contributed by atoms with van der Waals surface area (Å²) in [5, 5.41) is 2.80. The van der Waals surface area contributed by atoms with Crippen molar-refractivity contribution in [3.63, 3.8) is 0 Å². The summed E-state index contributed by atoms with van der Waals surface area (Å²) in [4.78, 5) is 43.2. The van der Waals surface area contributed by atoms with Gasteiger partial charge in [-0.05, 0) is 47.5 Å². The number of hydrogen-bond donors (Lipinski definition) is 1. The molecule has 3 aromatic rings. The topological polar surface area (TPSA) is 73.0 Å². The Bertz CT molecular complexity index is 1250. The van der Waals surface area contributed by atoms with Crippen molar-refractivity contribution in [1.82, 2.24) is 14.7 Å². The van der Waals surface area contributed by atoms with Crippen LogP contribution in [-0.2, 0) is 4.79 Å². The van der Waals surface area contributed by atoms with Gasteiger partial charge < -0.3 is 15.1 Å². The lowest BCUT2D eigenvalue weighted by atomic mass is 10.0. The summed E-state index contributed by atoms with van der Waals surface area (Å²) in [5.74, 6) is 0.0251. The van der Waals surface area contributed by atoms with Gasteiger partial charge in [0.15, 0.2) is 0 Å². The molecular weight excluding hydrogens is 452 g/mol. The highest BCUT2D eigenvalue weighted by atomic mass is 16.2. The average Bonchev–Trinajstić information content (AvgIpc) is 2.88. The van der Waals surface area contributed by atoms with E-state index in [2.05, 4.69) is 10.2 Å². The van der Waals surface area contributed by atoms with E-state index in [4.69, 9.17) is 0 Å². The zero-order valence-corrected chi connectivity index (χ0v) is 20.4. The number of carbonyl (C=O) groups excluding carboxylic acids is 3. The SMILES string of the molecule is CC(=O)Nc1cccc(-c2ccc(C(=O)N3CC(N4CCN(C(=O)c5ccccc5)CC4)C3)cc2)c1. The van der Waals surface area contributed by atoms with Gasteiger partial charge in [-0.2, -0.15) is 0 Å². The van der Waals surface area contributed by atoms with E-state index in [-0.39, 0.29) is 17.7 Å². The van der Waals surface area contributed by atoms with E-state index in [0.29, 0.717) is 37.8 Å². The number of nitrogens with zero attached hydrogens (tertiary/aromatic N) is 3. The molecule has 5 rings (SSSR count). The van der Waals surface area contributed by atoms with Crippen LogP contribution in [0.4, 0.5) is 5.69 Å². The van der Waals surface area contributed by atoms with Gasteiger partial charge in [0.05, 0.1) is 0 Å². The smallest absolute Gasteiger partial charge is 0.253 e. The third-order valence-corrected chi connectivity index (χ3v) is 6.94. The Balaban J connectivity index is 1.12. The normalized spacial score (nSPS) is 16.4. The number of likely N-dealkylation sites (tertiary alicyclic amines) is 1.